The third kappa shape index (κ3) is 6.33. The number of imidazole rings is 1. The van der Waals surface area contributed by atoms with Crippen LogP contribution in [0.5, 0.6) is 0 Å². The van der Waals surface area contributed by atoms with Gasteiger partial charge in [-0.3, -0.25) is 14.4 Å². The van der Waals surface area contributed by atoms with E-state index >= 15 is 0 Å². The van der Waals surface area contributed by atoms with Crippen LogP contribution in [0.3, 0.4) is 0 Å². The highest BCUT2D eigenvalue weighted by Gasteiger charge is 2.37. The van der Waals surface area contributed by atoms with Gasteiger partial charge in [-0.1, -0.05) is 30.8 Å². The molecule has 48 heavy (non-hydrogen) atoms. The smallest absolute Gasteiger partial charge is 0.434 e. The minimum absolute atomic E-state index is 0.0254. The maximum atomic E-state index is 14.3. The van der Waals surface area contributed by atoms with Gasteiger partial charge < -0.3 is 14.6 Å². The second-order valence-corrected chi connectivity index (χ2v) is 12.9. The summed E-state index contributed by atoms with van der Waals surface area (Å²) in [5.41, 5.74) is 3.12. The van der Waals surface area contributed by atoms with Crippen LogP contribution in [0.15, 0.2) is 71.1 Å². The quantitative estimate of drug-likeness (QED) is 0.147. The second kappa shape index (κ2) is 12.8. The van der Waals surface area contributed by atoms with Gasteiger partial charge in [0.05, 0.1) is 24.9 Å². The molecular formula is C36H38F3N7O2. The molecule has 3 aliphatic rings. The first-order chi connectivity index (χ1) is 23.2. The molecule has 2 aliphatic carbocycles. The van der Waals surface area contributed by atoms with Crippen LogP contribution in [0.25, 0.3) is 28.0 Å². The van der Waals surface area contributed by atoms with E-state index in [4.69, 9.17) is 14.7 Å². The maximum absolute atomic E-state index is 14.3. The highest BCUT2D eigenvalue weighted by atomic mass is 19.4. The molecule has 0 radical (unpaired) electrons. The van der Waals surface area contributed by atoms with Gasteiger partial charge in [0.25, 0.3) is 5.56 Å². The molecule has 0 bridgehead atoms. The van der Waals surface area contributed by atoms with Crippen molar-refractivity contribution in [2.75, 3.05) is 20.2 Å². The zero-order valence-electron chi connectivity index (χ0n) is 27.1. The van der Waals surface area contributed by atoms with Crippen LogP contribution >= 0.6 is 0 Å². The van der Waals surface area contributed by atoms with Crippen LogP contribution in [0.1, 0.15) is 80.1 Å². The van der Waals surface area contributed by atoms with E-state index < -0.39 is 11.9 Å². The number of piperidine rings is 1. The lowest BCUT2D eigenvalue weighted by atomic mass is 9.90. The fourth-order valence-electron chi connectivity index (χ4n) is 6.57. The van der Waals surface area contributed by atoms with Gasteiger partial charge in [-0.05, 0) is 76.1 Å². The first-order valence-corrected chi connectivity index (χ1v) is 16.5. The topological polar surface area (TPSA) is 99.2 Å². The number of rotatable bonds is 10. The fraction of sp³-hybridized carbons (Fsp3) is 0.417. The van der Waals surface area contributed by atoms with Crippen molar-refractivity contribution in [3.8, 4) is 11.4 Å². The molecule has 4 heterocycles. The van der Waals surface area contributed by atoms with Gasteiger partial charge in [0, 0.05) is 47.1 Å². The van der Waals surface area contributed by atoms with Crippen LogP contribution in [0.4, 0.5) is 13.2 Å². The Balaban J connectivity index is 1.31. The molecule has 9 nitrogen and oxygen atoms in total. The number of aromatic nitrogens is 5. The van der Waals surface area contributed by atoms with E-state index in [-0.39, 0.29) is 30.0 Å². The van der Waals surface area contributed by atoms with E-state index in [0.717, 1.165) is 80.0 Å². The van der Waals surface area contributed by atoms with Crippen molar-refractivity contribution in [1.29, 1.82) is 0 Å². The van der Waals surface area contributed by atoms with Crippen LogP contribution in [0.2, 0.25) is 0 Å². The van der Waals surface area contributed by atoms with Gasteiger partial charge in [0.1, 0.15) is 17.2 Å². The summed E-state index contributed by atoms with van der Waals surface area (Å²) in [7, 11) is 1.60. The highest BCUT2D eigenvalue weighted by molar-refractivity contribution is 6.25. The monoisotopic (exact) mass is 657 g/mol. The number of methoxy groups -OCH3 is 1. The molecule has 2 saturated carbocycles. The van der Waals surface area contributed by atoms with Crippen LogP contribution in [-0.4, -0.2) is 50.0 Å². The standard InChI is InChI=1S/C36H38F3N7O2/c1-4-41-31(24-9-10-24)30(21(2)48-3)32-42-18-26-17-28(23-13-15-40-16-14-23)35(47)46(34(26)44-32)19-22-5-7-25(8-6-22)33-43-29(36(37,38)39)20-45(33)27-11-12-27/h4-8,17-18,20,23-24,27,40H,1,9-16,19H2,2-3H3/b30-21-,41-31?. The normalized spacial score (nSPS) is 18.2. The fourth-order valence-corrected chi connectivity index (χ4v) is 6.57. The number of allylic oxidation sites excluding steroid dienone is 2. The Bertz CT molecular complexity index is 1980. The summed E-state index contributed by atoms with van der Waals surface area (Å²) in [5.74, 6) is 1.70. The number of benzene rings is 1. The molecule has 12 heteroatoms. The van der Waals surface area contributed by atoms with Crippen molar-refractivity contribution in [1.82, 2.24) is 29.4 Å². The van der Waals surface area contributed by atoms with Gasteiger partial charge in [0.15, 0.2) is 11.5 Å². The molecule has 7 rings (SSSR count). The van der Waals surface area contributed by atoms with Gasteiger partial charge in [-0.2, -0.15) is 13.2 Å². The molecular weight excluding hydrogens is 619 g/mol. The Hall–Kier alpha value is -4.58. The molecule has 1 N–H and O–H groups in total. The van der Waals surface area contributed by atoms with E-state index in [1.54, 1.807) is 34.6 Å². The lowest BCUT2D eigenvalue weighted by Gasteiger charge is -2.24. The third-order valence-electron chi connectivity index (χ3n) is 9.48. The molecule has 4 aromatic rings. The molecule has 3 aromatic heterocycles. The second-order valence-electron chi connectivity index (χ2n) is 12.9. The number of hydrogen-bond acceptors (Lipinski definition) is 7. The molecule has 0 spiro atoms. The average molecular weight is 658 g/mol. The Kier molecular flexibility index (Phi) is 8.53. The Labute approximate surface area is 276 Å². The van der Waals surface area contributed by atoms with Crippen molar-refractivity contribution in [2.24, 2.45) is 10.9 Å². The summed E-state index contributed by atoms with van der Waals surface area (Å²) in [5, 5.41) is 4.12. The van der Waals surface area contributed by atoms with Crippen LogP contribution < -0.4 is 10.9 Å². The number of nitrogens with one attached hydrogen (secondary N) is 1. The molecule has 0 atom stereocenters. The Morgan fingerprint density at radius 1 is 1.10 bits per heavy atom. The first kappa shape index (κ1) is 32.0. The largest absolute Gasteiger partial charge is 0.501 e. The summed E-state index contributed by atoms with van der Waals surface area (Å²) in [6.45, 7) is 7.55. The summed E-state index contributed by atoms with van der Waals surface area (Å²) >= 11 is 0. The van der Waals surface area contributed by atoms with E-state index in [1.165, 1.54) is 6.20 Å². The molecule has 1 aromatic carbocycles. The number of halogens is 3. The number of ether oxygens (including phenoxy) is 1. The minimum Gasteiger partial charge on any atom is -0.501 e. The zero-order valence-corrected chi connectivity index (χ0v) is 27.1. The lowest BCUT2D eigenvalue weighted by molar-refractivity contribution is -0.140. The maximum Gasteiger partial charge on any atom is 0.434 e. The molecule has 3 fully saturated rings. The number of alkyl halides is 3. The van der Waals surface area contributed by atoms with E-state index in [1.807, 2.05) is 25.1 Å². The van der Waals surface area contributed by atoms with Crippen molar-refractivity contribution in [2.45, 2.75) is 70.1 Å². The van der Waals surface area contributed by atoms with Crippen LogP contribution in [0, 0.1) is 5.92 Å². The molecule has 1 aliphatic heterocycles. The first-order valence-electron chi connectivity index (χ1n) is 16.5. The number of pyridine rings is 1. The summed E-state index contributed by atoms with van der Waals surface area (Å²) in [6, 6.07) is 9.19. The van der Waals surface area contributed by atoms with Crippen molar-refractivity contribution >= 4 is 22.3 Å². The van der Waals surface area contributed by atoms with Crippen LogP contribution in [-0.2, 0) is 17.5 Å². The Morgan fingerprint density at radius 3 is 2.46 bits per heavy atom. The van der Waals surface area contributed by atoms with Gasteiger partial charge in [-0.15, -0.1) is 0 Å². The number of nitrogens with zero attached hydrogens (tertiary/aromatic N) is 6. The highest BCUT2D eigenvalue weighted by Crippen LogP contribution is 2.41. The van der Waals surface area contributed by atoms with Gasteiger partial charge in [0.2, 0.25) is 0 Å². The molecule has 0 unspecified atom stereocenters. The van der Waals surface area contributed by atoms with E-state index in [2.05, 4.69) is 21.9 Å². The van der Waals surface area contributed by atoms with Crippen molar-refractivity contribution in [3.63, 3.8) is 0 Å². The predicted molar refractivity (Wildman–Crippen MR) is 179 cm³/mol. The minimum atomic E-state index is -4.52. The third-order valence-corrected chi connectivity index (χ3v) is 9.48. The van der Waals surface area contributed by atoms with Crippen molar-refractivity contribution < 1.29 is 17.9 Å². The molecule has 1 saturated heterocycles. The molecule has 0 amide bonds. The van der Waals surface area contributed by atoms with E-state index in [9.17, 15) is 18.0 Å². The zero-order chi connectivity index (χ0) is 33.6. The predicted octanol–water partition coefficient (Wildman–Crippen LogP) is 6.90. The SMILES string of the molecule is C=CN=C(/C(=C(\C)OC)c1ncc2cc(C3CCNCC3)c(=O)n(Cc3ccc(-c4nc(C(F)(F)F)cn4C4CC4)cc3)c2n1)C1CC1. The summed E-state index contributed by atoms with van der Waals surface area (Å²) in [4.78, 5) is 32.6. The summed E-state index contributed by atoms with van der Waals surface area (Å²) < 4.78 is 49.6. The molecule has 250 valence electrons. The van der Waals surface area contributed by atoms with Gasteiger partial charge >= 0.3 is 6.18 Å². The number of hydrogen-bond donors (Lipinski definition) is 1. The Morgan fingerprint density at radius 2 is 1.83 bits per heavy atom. The van der Waals surface area contributed by atoms with Gasteiger partial charge in [-0.25, -0.2) is 15.0 Å². The van der Waals surface area contributed by atoms with Crippen molar-refractivity contribution in [3.05, 3.63) is 94.3 Å². The number of fused-ring (bicyclic) bond motifs is 1. The summed E-state index contributed by atoms with van der Waals surface area (Å²) in [6.07, 6.45) is 5.22. The lowest BCUT2D eigenvalue weighted by Crippen LogP contribution is -2.32. The average Bonchev–Trinajstić information content (AvgIpc) is 4.04. The number of aliphatic imine (C=N–C) groups is 1. The van der Waals surface area contributed by atoms with E-state index in [0.29, 0.717) is 34.2 Å².